The van der Waals surface area contributed by atoms with Crippen molar-refractivity contribution in [1.29, 1.82) is 0 Å². The van der Waals surface area contributed by atoms with Crippen molar-refractivity contribution in [2.45, 2.75) is 53.8 Å². The Hall–Kier alpha value is -2.62. The minimum atomic E-state index is -0.748. The van der Waals surface area contributed by atoms with Crippen LogP contribution in [-0.2, 0) is 19.1 Å². The van der Waals surface area contributed by atoms with Crippen LogP contribution < -0.4 is 0 Å². The van der Waals surface area contributed by atoms with Gasteiger partial charge in [0.05, 0.1) is 10.8 Å². The molecule has 0 saturated heterocycles. The minimum Gasteiger partial charge on any atom is -0.453 e. The Morgan fingerprint density at radius 2 is 0.893 bits per heavy atom. The van der Waals surface area contributed by atoms with Crippen molar-refractivity contribution in [1.82, 2.24) is 0 Å². The fourth-order valence-corrected chi connectivity index (χ4v) is 2.48. The van der Waals surface area contributed by atoms with Gasteiger partial charge < -0.3 is 9.47 Å². The molecule has 0 radical (unpaired) electrons. The van der Waals surface area contributed by atoms with Gasteiger partial charge in [-0.25, -0.2) is 0 Å². The van der Waals surface area contributed by atoms with E-state index in [4.69, 9.17) is 9.47 Å². The highest BCUT2D eigenvalue weighted by Gasteiger charge is 2.37. The Morgan fingerprint density at radius 3 is 1.14 bits per heavy atom. The van der Waals surface area contributed by atoms with Crippen molar-refractivity contribution in [3.8, 4) is 0 Å². The largest absolute Gasteiger partial charge is 0.453 e. The van der Waals surface area contributed by atoms with E-state index in [1.807, 2.05) is 60.7 Å². The van der Waals surface area contributed by atoms with E-state index in [0.29, 0.717) is 0 Å². The van der Waals surface area contributed by atoms with Crippen molar-refractivity contribution in [2.75, 3.05) is 0 Å². The molecule has 0 aliphatic heterocycles. The lowest BCUT2D eigenvalue weighted by molar-refractivity contribution is -0.179. The number of esters is 2. The summed E-state index contributed by atoms with van der Waals surface area (Å²) in [5.74, 6) is -0.705. The fourth-order valence-electron chi connectivity index (χ4n) is 2.48. The second-order valence-corrected chi connectivity index (χ2v) is 8.97. The average Bonchev–Trinajstić information content (AvgIpc) is 2.64. The van der Waals surface area contributed by atoms with Crippen LogP contribution in [0.3, 0.4) is 0 Å². The Morgan fingerprint density at radius 1 is 0.607 bits per heavy atom. The van der Waals surface area contributed by atoms with E-state index in [0.717, 1.165) is 11.1 Å². The van der Waals surface area contributed by atoms with Gasteiger partial charge in [-0.2, -0.15) is 0 Å². The molecule has 0 spiro atoms. The third-order valence-electron chi connectivity index (χ3n) is 4.22. The van der Waals surface area contributed by atoms with Gasteiger partial charge in [0.15, 0.2) is 12.2 Å². The molecule has 2 aromatic rings. The number of hydrogen-bond acceptors (Lipinski definition) is 4. The third kappa shape index (κ3) is 5.69. The summed E-state index contributed by atoms with van der Waals surface area (Å²) in [5.41, 5.74) is 0.191. The van der Waals surface area contributed by atoms with Crippen LogP contribution in [0.25, 0.3) is 0 Å². The van der Waals surface area contributed by atoms with Crippen molar-refractivity contribution in [3.05, 3.63) is 71.8 Å². The predicted molar refractivity (Wildman–Crippen MR) is 109 cm³/mol. The predicted octanol–water partition coefficient (Wildman–Crippen LogP) is 5.65. The van der Waals surface area contributed by atoms with Crippen molar-refractivity contribution >= 4 is 11.9 Å². The molecule has 2 aromatic carbocycles. The van der Waals surface area contributed by atoms with Crippen molar-refractivity contribution in [3.63, 3.8) is 0 Å². The quantitative estimate of drug-likeness (QED) is 0.627. The summed E-state index contributed by atoms with van der Waals surface area (Å²) in [6.45, 7) is 10.8. The number of carbonyl (C=O) groups excluding carboxylic acids is 2. The van der Waals surface area contributed by atoms with Gasteiger partial charge in [0.1, 0.15) is 0 Å². The van der Waals surface area contributed by atoms with E-state index in [1.165, 1.54) is 0 Å². The van der Waals surface area contributed by atoms with Gasteiger partial charge >= 0.3 is 11.9 Å². The van der Waals surface area contributed by atoms with Crippen LogP contribution in [0.4, 0.5) is 0 Å². The molecule has 0 aliphatic rings. The van der Waals surface area contributed by atoms with Crippen LogP contribution in [0.1, 0.15) is 64.9 Å². The van der Waals surface area contributed by atoms with Gasteiger partial charge in [0.25, 0.3) is 0 Å². The van der Waals surface area contributed by atoms with E-state index < -0.39 is 23.0 Å². The molecule has 4 nitrogen and oxygen atoms in total. The highest BCUT2D eigenvalue weighted by atomic mass is 16.6. The summed E-state index contributed by atoms with van der Waals surface area (Å²) in [5, 5.41) is 0. The topological polar surface area (TPSA) is 52.6 Å². The summed E-state index contributed by atoms with van der Waals surface area (Å²) in [4.78, 5) is 25.4. The van der Waals surface area contributed by atoms with E-state index in [-0.39, 0.29) is 11.9 Å². The molecule has 2 unspecified atom stereocenters. The number of benzene rings is 2. The van der Waals surface area contributed by atoms with E-state index in [9.17, 15) is 9.59 Å². The molecule has 150 valence electrons. The highest BCUT2D eigenvalue weighted by Crippen LogP contribution is 2.38. The lowest BCUT2D eigenvalue weighted by Crippen LogP contribution is -2.31. The molecule has 0 amide bonds. The van der Waals surface area contributed by atoms with E-state index >= 15 is 0 Å². The van der Waals surface area contributed by atoms with Crippen molar-refractivity contribution < 1.29 is 19.1 Å². The first-order chi connectivity index (χ1) is 13.0. The Kier molecular flexibility index (Phi) is 6.65. The van der Waals surface area contributed by atoms with E-state index in [1.54, 1.807) is 41.5 Å². The highest BCUT2D eigenvalue weighted by molar-refractivity contribution is 5.77. The molecular weight excluding hydrogens is 352 g/mol. The van der Waals surface area contributed by atoms with Crippen LogP contribution in [-0.4, -0.2) is 11.9 Å². The standard InChI is InChI=1S/C24H30O4/c1-23(2,3)21(25)27-19(17-13-9-7-10-14-17)20(18-15-11-8-12-16-18)28-22(26)24(4,5)6/h7-16,19-20H,1-6H3. The zero-order valence-electron chi connectivity index (χ0n) is 17.6. The molecule has 0 fully saturated rings. The lowest BCUT2D eigenvalue weighted by atomic mass is 9.94. The molecule has 2 atom stereocenters. The third-order valence-corrected chi connectivity index (χ3v) is 4.22. The number of carbonyl (C=O) groups is 2. The average molecular weight is 383 g/mol. The normalized spacial score (nSPS) is 14.1. The molecular formula is C24H30O4. The van der Waals surface area contributed by atoms with Crippen LogP contribution in [0.2, 0.25) is 0 Å². The molecule has 0 saturated carbocycles. The Balaban J connectivity index is 2.51. The molecule has 0 bridgehead atoms. The first-order valence-electron chi connectivity index (χ1n) is 9.52. The van der Waals surface area contributed by atoms with Gasteiger partial charge in [0, 0.05) is 0 Å². The number of hydrogen-bond donors (Lipinski definition) is 0. The number of rotatable bonds is 5. The molecule has 28 heavy (non-hydrogen) atoms. The van der Waals surface area contributed by atoms with Crippen molar-refractivity contribution in [2.24, 2.45) is 10.8 Å². The summed E-state index contributed by atoms with van der Waals surface area (Å²) in [6.07, 6.45) is -1.50. The van der Waals surface area contributed by atoms with Crippen LogP contribution in [0, 0.1) is 10.8 Å². The van der Waals surface area contributed by atoms with Gasteiger partial charge in [-0.3, -0.25) is 9.59 Å². The maximum absolute atomic E-state index is 12.7. The van der Waals surface area contributed by atoms with Crippen LogP contribution >= 0.6 is 0 Å². The lowest BCUT2D eigenvalue weighted by Gasteiger charge is -2.31. The van der Waals surface area contributed by atoms with Gasteiger partial charge in [0.2, 0.25) is 0 Å². The maximum Gasteiger partial charge on any atom is 0.311 e. The molecule has 2 rings (SSSR count). The van der Waals surface area contributed by atoms with E-state index in [2.05, 4.69) is 0 Å². The molecule has 0 aliphatic carbocycles. The van der Waals surface area contributed by atoms with Crippen LogP contribution in [0.15, 0.2) is 60.7 Å². The first kappa shape index (κ1) is 21.7. The summed E-state index contributed by atoms with van der Waals surface area (Å²) < 4.78 is 11.8. The Bertz CT molecular complexity index is 713. The minimum absolute atomic E-state index is 0.353. The Labute approximate surface area is 167 Å². The van der Waals surface area contributed by atoms with Gasteiger partial charge in [-0.15, -0.1) is 0 Å². The second-order valence-electron chi connectivity index (χ2n) is 8.97. The monoisotopic (exact) mass is 382 g/mol. The zero-order valence-corrected chi connectivity index (χ0v) is 17.6. The summed E-state index contributed by atoms with van der Waals surface area (Å²) >= 11 is 0. The fraction of sp³-hybridized carbons (Fsp3) is 0.417. The van der Waals surface area contributed by atoms with Gasteiger partial charge in [-0.1, -0.05) is 60.7 Å². The molecule has 4 heteroatoms. The summed E-state index contributed by atoms with van der Waals surface area (Å²) in [7, 11) is 0. The summed E-state index contributed by atoms with van der Waals surface area (Å²) in [6, 6.07) is 18.8. The zero-order chi connectivity index (χ0) is 20.9. The number of ether oxygens (including phenoxy) is 2. The SMILES string of the molecule is CC(C)(C)C(=O)OC(c1ccccc1)C(OC(=O)C(C)(C)C)c1ccccc1. The molecule has 0 heterocycles. The molecule has 0 aromatic heterocycles. The first-order valence-corrected chi connectivity index (χ1v) is 9.52. The maximum atomic E-state index is 12.7. The van der Waals surface area contributed by atoms with Gasteiger partial charge in [-0.05, 0) is 52.7 Å². The van der Waals surface area contributed by atoms with Crippen LogP contribution in [0.5, 0.6) is 0 Å². The second kappa shape index (κ2) is 8.59. The smallest absolute Gasteiger partial charge is 0.311 e. The molecule has 0 N–H and O–H groups in total.